The Balaban J connectivity index is 1.53. The molecule has 1 aromatic carbocycles. The lowest BCUT2D eigenvalue weighted by Gasteiger charge is -2.05. The number of nitrogens with one attached hydrogen (secondary N) is 3. The number of halogens is 1. The number of amides is 1. The molecule has 162 valence electrons. The van der Waals surface area contributed by atoms with Crippen LogP contribution in [0.1, 0.15) is 33.4 Å². The van der Waals surface area contributed by atoms with Gasteiger partial charge in [-0.2, -0.15) is 0 Å². The molecule has 10 heteroatoms. The van der Waals surface area contributed by atoms with Gasteiger partial charge in [0.05, 0.1) is 29.0 Å². The third-order valence-corrected chi connectivity index (χ3v) is 4.94. The molecule has 0 aliphatic rings. The molecule has 0 atom stereocenters. The maximum absolute atomic E-state index is 13.3. The third-order valence-electron chi connectivity index (χ3n) is 4.94. The summed E-state index contributed by atoms with van der Waals surface area (Å²) in [5, 5.41) is 14.9. The van der Waals surface area contributed by atoms with Gasteiger partial charge in [-0.05, 0) is 50.3 Å². The van der Waals surface area contributed by atoms with Crippen molar-refractivity contribution < 1.29 is 13.7 Å². The van der Waals surface area contributed by atoms with E-state index in [1.807, 2.05) is 14.0 Å². The summed E-state index contributed by atoms with van der Waals surface area (Å²) in [5.74, 6) is 0.867. The SMILES string of the molecule is Cc1nocc1C(=O)Nc1cnc(/C=C\C(=N)c2c(-c3ccc(F)cc3)nc(C)n2C)[nH]1. The Hall–Kier alpha value is -4.34. The summed E-state index contributed by atoms with van der Waals surface area (Å²) in [5.41, 5.74) is 2.92. The fourth-order valence-corrected chi connectivity index (χ4v) is 3.15. The van der Waals surface area contributed by atoms with E-state index in [9.17, 15) is 9.18 Å². The minimum atomic E-state index is -0.370. The zero-order chi connectivity index (χ0) is 22.8. The number of imidazole rings is 2. The predicted octanol–water partition coefficient (Wildman–Crippen LogP) is 3.89. The molecule has 0 fully saturated rings. The molecule has 0 bridgehead atoms. The first kappa shape index (κ1) is 20.9. The predicted molar refractivity (Wildman–Crippen MR) is 117 cm³/mol. The number of anilines is 1. The number of benzene rings is 1. The molecule has 3 N–H and O–H groups in total. The normalized spacial score (nSPS) is 11.2. The van der Waals surface area contributed by atoms with Crippen molar-refractivity contribution in [2.45, 2.75) is 13.8 Å². The van der Waals surface area contributed by atoms with Crippen LogP contribution < -0.4 is 5.32 Å². The highest BCUT2D eigenvalue weighted by Gasteiger charge is 2.17. The van der Waals surface area contributed by atoms with Crippen LogP contribution in [-0.2, 0) is 7.05 Å². The highest BCUT2D eigenvalue weighted by atomic mass is 19.1. The number of nitrogens with zero attached hydrogens (tertiary/aromatic N) is 4. The van der Waals surface area contributed by atoms with Gasteiger partial charge in [0.1, 0.15) is 35.1 Å². The third kappa shape index (κ3) is 4.10. The maximum atomic E-state index is 13.3. The lowest BCUT2D eigenvalue weighted by molar-refractivity contribution is 0.102. The summed E-state index contributed by atoms with van der Waals surface area (Å²) in [6, 6.07) is 6.00. The van der Waals surface area contributed by atoms with Gasteiger partial charge in [-0.15, -0.1) is 0 Å². The van der Waals surface area contributed by atoms with E-state index >= 15 is 0 Å². The van der Waals surface area contributed by atoms with Crippen LogP contribution in [-0.4, -0.2) is 36.3 Å². The molecule has 32 heavy (non-hydrogen) atoms. The molecule has 4 rings (SSSR count). The Morgan fingerprint density at radius 1 is 1.28 bits per heavy atom. The average molecular weight is 433 g/mol. The second-order valence-electron chi connectivity index (χ2n) is 7.12. The summed E-state index contributed by atoms with van der Waals surface area (Å²) in [4.78, 5) is 23.9. The van der Waals surface area contributed by atoms with E-state index in [4.69, 9.17) is 9.93 Å². The standard InChI is InChI=1S/C22H20FN7O2/c1-12-16(11-32-29-12)22(31)28-19-10-25-18(27-19)9-8-17(24)21-20(26-13(2)30(21)3)14-4-6-15(23)7-5-14/h4-11,24H,1-3H3,(H,25,27)(H,28,31)/b9-8-,24-17?. The summed E-state index contributed by atoms with van der Waals surface area (Å²) in [6.45, 7) is 3.51. The number of aryl methyl sites for hydroxylation is 2. The molecule has 1 amide bonds. The van der Waals surface area contributed by atoms with Crippen molar-refractivity contribution in [3.05, 3.63) is 77.2 Å². The zero-order valence-electron chi connectivity index (χ0n) is 17.6. The van der Waals surface area contributed by atoms with Crippen LogP contribution in [0.3, 0.4) is 0 Å². The van der Waals surface area contributed by atoms with Crippen LogP contribution in [0.4, 0.5) is 10.2 Å². The maximum Gasteiger partial charge on any atom is 0.262 e. The highest BCUT2D eigenvalue weighted by Crippen LogP contribution is 2.25. The molecule has 0 aliphatic carbocycles. The summed E-state index contributed by atoms with van der Waals surface area (Å²) < 4.78 is 19.9. The molecule has 0 saturated heterocycles. The van der Waals surface area contributed by atoms with Gasteiger partial charge in [0.25, 0.3) is 5.91 Å². The fourth-order valence-electron chi connectivity index (χ4n) is 3.15. The zero-order valence-corrected chi connectivity index (χ0v) is 17.6. The number of aromatic nitrogens is 5. The van der Waals surface area contributed by atoms with Crippen LogP contribution >= 0.6 is 0 Å². The van der Waals surface area contributed by atoms with Crippen molar-refractivity contribution in [3.8, 4) is 11.3 Å². The Bertz CT molecular complexity index is 1330. The van der Waals surface area contributed by atoms with Gasteiger partial charge in [0.15, 0.2) is 0 Å². The Morgan fingerprint density at radius 2 is 2.03 bits per heavy atom. The van der Waals surface area contributed by atoms with Crippen molar-refractivity contribution in [1.29, 1.82) is 5.41 Å². The van der Waals surface area contributed by atoms with Crippen molar-refractivity contribution in [1.82, 2.24) is 24.7 Å². The summed E-state index contributed by atoms with van der Waals surface area (Å²) in [7, 11) is 1.82. The number of rotatable bonds is 6. The Kier molecular flexibility index (Phi) is 5.50. The quantitative estimate of drug-likeness (QED) is 0.398. The number of allylic oxidation sites excluding steroid dienone is 1. The van der Waals surface area contributed by atoms with Gasteiger partial charge in [-0.25, -0.2) is 14.4 Å². The van der Waals surface area contributed by atoms with E-state index < -0.39 is 0 Å². The molecule has 3 heterocycles. The van der Waals surface area contributed by atoms with Crippen molar-refractivity contribution in [3.63, 3.8) is 0 Å². The van der Waals surface area contributed by atoms with Gasteiger partial charge >= 0.3 is 0 Å². The monoisotopic (exact) mass is 433 g/mol. The number of H-pyrrole nitrogens is 1. The molecular weight excluding hydrogens is 413 g/mol. The van der Waals surface area contributed by atoms with E-state index in [0.717, 1.165) is 11.4 Å². The van der Waals surface area contributed by atoms with E-state index in [2.05, 4.69) is 25.4 Å². The number of carbonyl (C=O) groups excluding carboxylic acids is 1. The van der Waals surface area contributed by atoms with Crippen LogP contribution in [0.15, 0.2) is 47.3 Å². The molecule has 0 saturated carbocycles. The molecule has 0 aliphatic heterocycles. The van der Waals surface area contributed by atoms with Crippen LogP contribution in [0, 0.1) is 25.1 Å². The minimum Gasteiger partial charge on any atom is -0.364 e. The fraction of sp³-hybridized carbons (Fsp3) is 0.136. The number of aromatic amines is 1. The largest absolute Gasteiger partial charge is 0.364 e. The minimum absolute atomic E-state index is 0.203. The van der Waals surface area contributed by atoms with Crippen LogP contribution in [0.2, 0.25) is 0 Å². The molecule has 0 radical (unpaired) electrons. The van der Waals surface area contributed by atoms with Crippen LogP contribution in [0.5, 0.6) is 0 Å². The van der Waals surface area contributed by atoms with Crippen molar-refractivity contribution in [2.24, 2.45) is 7.05 Å². The van der Waals surface area contributed by atoms with Crippen LogP contribution in [0.25, 0.3) is 17.3 Å². The topological polar surface area (TPSA) is 125 Å². The smallest absolute Gasteiger partial charge is 0.262 e. The average Bonchev–Trinajstić information content (AvgIpc) is 3.47. The Labute approximate surface area is 182 Å². The van der Waals surface area contributed by atoms with E-state index in [0.29, 0.717) is 34.3 Å². The first-order valence-corrected chi connectivity index (χ1v) is 9.67. The van der Waals surface area contributed by atoms with Crippen molar-refractivity contribution in [2.75, 3.05) is 5.32 Å². The van der Waals surface area contributed by atoms with E-state index in [1.165, 1.54) is 24.6 Å². The number of hydrogen-bond acceptors (Lipinski definition) is 6. The lowest BCUT2D eigenvalue weighted by atomic mass is 10.1. The van der Waals surface area contributed by atoms with Gasteiger partial charge < -0.3 is 19.4 Å². The summed E-state index contributed by atoms with van der Waals surface area (Å²) in [6.07, 6.45) is 5.96. The second-order valence-corrected chi connectivity index (χ2v) is 7.12. The highest BCUT2D eigenvalue weighted by molar-refractivity contribution is 6.11. The van der Waals surface area contributed by atoms with Gasteiger partial charge in [0.2, 0.25) is 0 Å². The van der Waals surface area contributed by atoms with Gasteiger partial charge in [-0.3, -0.25) is 10.2 Å². The Morgan fingerprint density at radius 3 is 2.72 bits per heavy atom. The number of hydrogen-bond donors (Lipinski definition) is 3. The van der Waals surface area contributed by atoms with Crippen molar-refractivity contribution >= 4 is 23.5 Å². The lowest BCUT2D eigenvalue weighted by Crippen LogP contribution is -2.12. The molecule has 0 spiro atoms. The molecule has 4 aromatic rings. The molecule has 3 aromatic heterocycles. The van der Waals surface area contributed by atoms with E-state index in [-0.39, 0.29) is 17.4 Å². The molecular formula is C22H20FN7O2. The summed E-state index contributed by atoms with van der Waals surface area (Å²) >= 11 is 0. The first-order chi connectivity index (χ1) is 15.3. The van der Waals surface area contributed by atoms with E-state index in [1.54, 1.807) is 35.8 Å². The molecule has 9 nitrogen and oxygen atoms in total. The number of carbonyl (C=O) groups is 1. The second kappa shape index (κ2) is 8.42. The first-order valence-electron chi connectivity index (χ1n) is 9.67. The van der Waals surface area contributed by atoms with Gasteiger partial charge in [0, 0.05) is 12.6 Å². The molecule has 0 unspecified atom stereocenters. The van der Waals surface area contributed by atoms with Gasteiger partial charge in [-0.1, -0.05) is 5.16 Å².